The van der Waals surface area contributed by atoms with Crippen LogP contribution >= 0.6 is 11.3 Å². The summed E-state index contributed by atoms with van der Waals surface area (Å²) in [5, 5.41) is 12.4. The van der Waals surface area contributed by atoms with Crippen molar-refractivity contribution in [3.8, 4) is 0 Å². The van der Waals surface area contributed by atoms with E-state index >= 15 is 0 Å². The van der Waals surface area contributed by atoms with Gasteiger partial charge in [-0.2, -0.15) is 5.10 Å². The minimum absolute atomic E-state index is 0.0844. The fourth-order valence-electron chi connectivity index (χ4n) is 2.69. The van der Waals surface area contributed by atoms with E-state index in [1.165, 1.54) is 16.8 Å². The smallest absolute Gasteiger partial charge is 0.242 e. The van der Waals surface area contributed by atoms with Gasteiger partial charge in [-0.1, -0.05) is 0 Å². The molecule has 0 bridgehead atoms. The van der Waals surface area contributed by atoms with Gasteiger partial charge < -0.3 is 15.5 Å². The number of amides is 1. The monoisotopic (exact) mass is 361 g/mol. The molecule has 2 N–H and O–H groups in total. The zero-order valence-electron chi connectivity index (χ0n) is 14.5. The summed E-state index contributed by atoms with van der Waals surface area (Å²) in [6, 6.07) is 2.11. The van der Waals surface area contributed by atoms with E-state index in [-0.39, 0.29) is 12.5 Å². The average Bonchev–Trinajstić information content (AvgIpc) is 3.25. The number of aryl methyl sites for hydroxylation is 1. The third-order valence-corrected chi connectivity index (χ3v) is 5.12. The molecule has 0 saturated carbocycles. The predicted octanol–water partition coefficient (Wildman–Crippen LogP) is 0.517. The number of carbonyl (C=O) groups is 1. The Morgan fingerprint density at radius 3 is 3.08 bits per heavy atom. The van der Waals surface area contributed by atoms with Crippen LogP contribution in [0, 0.1) is 0 Å². The van der Waals surface area contributed by atoms with Gasteiger partial charge in [0.15, 0.2) is 5.96 Å². The summed E-state index contributed by atoms with van der Waals surface area (Å²) in [5.74, 6) is 1.46. The Kier molecular flexibility index (Phi) is 5.64. The minimum Gasteiger partial charge on any atom is -0.357 e. The summed E-state index contributed by atoms with van der Waals surface area (Å²) < 4.78 is 1.68. The largest absolute Gasteiger partial charge is 0.357 e. The van der Waals surface area contributed by atoms with Crippen LogP contribution in [0.2, 0.25) is 0 Å². The van der Waals surface area contributed by atoms with Gasteiger partial charge in [0, 0.05) is 31.6 Å². The Balaban J connectivity index is 1.54. The topological polar surface area (TPSA) is 87.4 Å². The van der Waals surface area contributed by atoms with Gasteiger partial charge in [-0.15, -0.1) is 11.3 Å². The van der Waals surface area contributed by atoms with Crippen molar-refractivity contribution in [2.45, 2.75) is 26.4 Å². The van der Waals surface area contributed by atoms with Gasteiger partial charge in [0.25, 0.3) is 0 Å². The molecule has 1 aliphatic heterocycles. The van der Waals surface area contributed by atoms with Gasteiger partial charge in [-0.05, 0) is 30.4 Å². The normalized spacial score (nSPS) is 14.3. The highest BCUT2D eigenvalue weighted by atomic mass is 32.1. The SMILES string of the molecule is CCNC(=NCc1ncnn1C)NCC(=O)N1CCc2sccc2C1. The molecule has 0 aromatic carbocycles. The Labute approximate surface area is 151 Å². The molecule has 0 saturated heterocycles. The number of aliphatic imine (C=N–C) groups is 1. The lowest BCUT2D eigenvalue weighted by Gasteiger charge is -2.27. The highest BCUT2D eigenvalue weighted by molar-refractivity contribution is 7.10. The third kappa shape index (κ3) is 4.36. The number of rotatable bonds is 5. The van der Waals surface area contributed by atoms with E-state index in [0.717, 1.165) is 25.3 Å². The number of fused-ring (bicyclic) bond motifs is 1. The van der Waals surface area contributed by atoms with Crippen molar-refractivity contribution < 1.29 is 4.79 Å². The zero-order valence-corrected chi connectivity index (χ0v) is 15.3. The van der Waals surface area contributed by atoms with Crippen LogP contribution in [0.15, 0.2) is 22.8 Å². The van der Waals surface area contributed by atoms with E-state index in [2.05, 4.69) is 37.2 Å². The summed E-state index contributed by atoms with van der Waals surface area (Å²) in [4.78, 5) is 24.4. The first-order chi connectivity index (χ1) is 12.2. The van der Waals surface area contributed by atoms with Gasteiger partial charge in [0.2, 0.25) is 5.91 Å². The molecular formula is C16H23N7OS. The number of nitrogens with one attached hydrogen (secondary N) is 2. The number of thiophene rings is 1. The van der Waals surface area contributed by atoms with E-state index in [0.29, 0.717) is 19.0 Å². The van der Waals surface area contributed by atoms with E-state index < -0.39 is 0 Å². The fraction of sp³-hybridized carbons (Fsp3) is 0.500. The van der Waals surface area contributed by atoms with Gasteiger partial charge in [0.1, 0.15) is 18.7 Å². The summed E-state index contributed by atoms with van der Waals surface area (Å²) in [6.45, 7) is 4.82. The molecule has 0 unspecified atom stereocenters. The van der Waals surface area contributed by atoms with Crippen LogP contribution in [-0.4, -0.2) is 51.2 Å². The molecule has 2 aromatic rings. The Bertz CT molecular complexity index is 751. The maximum Gasteiger partial charge on any atom is 0.242 e. The standard InChI is InChI=1S/C16H23N7OS/c1-3-17-16(18-8-14-20-11-21-22(14)2)19-9-15(24)23-6-4-13-12(10-23)5-7-25-13/h5,7,11H,3-4,6,8-10H2,1-2H3,(H2,17,18,19). The van der Waals surface area contributed by atoms with E-state index in [4.69, 9.17) is 0 Å². The van der Waals surface area contributed by atoms with Crippen molar-refractivity contribution in [3.05, 3.63) is 34.0 Å². The van der Waals surface area contributed by atoms with Gasteiger partial charge in [-0.25, -0.2) is 9.98 Å². The van der Waals surface area contributed by atoms with Crippen molar-refractivity contribution in [2.75, 3.05) is 19.6 Å². The number of carbonyl (C=O) groups excluding carboxylic acids is 1. The summed E-state index contributed by atoms with van der Waals surface area (Å²) in [6.07, 6.45) is 2.45. The summed E-state index contributed by atoms with van der Waals surface area (Å²) in [7, 11) is 1.83. The quantitative estimate of drug-likeness (QED) is 0.599. The number of hydrogen-bond acceptors (Lipinski definition) is 5. The van der Waals surface area contributed by atoms with Crippen LogP contribution in [0.1, 0.15) is 23.2 Å². The van der Waals surface area contributed by atoms with E-state index in [1.807, 2.05) is 18.9 Å². The summed E-state index contributed by atoms with van der Waals surface area (Å²) in [5.41, 5.74) is 1.27. The molecule has 2 aromatic heterocycles. The van der Waals surface area contributed by atoms with Crippen molar-refractivity contribution in [2.24, 2.45) is 12.0 Å². The maximum absolute atomic E-state index is 12.5. The molecule has 25 heavy (non-hydrogen) atoms. The van der Waals surface area contributed by atoms with Crippen molar-refractivity contribution in [3.63, 3.8) is 0 Å². The van der Waals surface area contributed by atoms with E-state index in [9.17, 15) is 4.79 Å². The molecule has 0 radical (unpaired) electrons. The zero-order chi connectivity index (χ0) is 17.6. The molecule has 0 spiro atoms. The molecule has 1 aliphatic rings. The van der Waals surface area contributed by atoms with Gasteiger partial charge in [0.05, 0.1) is 6.54 Å². The third-order valence-electron chi connectivity index (χ3n) is 4.10. The second-order valence-electron chi connectivity index (χ2n) is 5.78. The molecule has 3 heterocycles. The lowest BCUT2D eigenvalue weighted by Crippen LogP contribution is -2.45. The number of hydrogen-bond donors (Lipinski definition) is 2. The van der Waals surface area contributed by atoms with Gasteiger partial charge in [-0.3, -0.25) is 9.48 Å². The first-order valence-corrected chi connectivity index (χ1v) is 9.23. The van der Waals surface area contributed by atoms with Gasteiger partial charge >= 0.3 is 0 Å². The van der Waals surface area contributed by atoms with Crippen molar-refractivity contribution in [1.82, 2.24) is 30.3 Å². The molecule has 134 valence electrons. The molecule has 8 nitrogen and oxygen atoms in total. The molecule has 0 fully saturated rings. The Hall–Kier alpha value is -2.42. The molecular weight excluding hydrogens is 338 g/mol. The lowest BCUT2D eigenvalue weighted by molar-refractivity contribution is -0.130. The van der Waals surface area contributed by atoms with Crippen LogP contribution in [0.4, 0.5) is 0 Å². The Morgan fingerprint density at radius 2 is 2.32 bits per heavy atom. The van der Waals surface area contributed by atoms with E-state index in [1.54, 1.807) is 16.0 Å². The van der Waals surface area contributed by atoms with Crippen LogP contribution < -0.4 is 10.6 Å². The Morgan fingerprint density at radius 1 is 1.44 bits per heavy atom. The first-order valence-electron chi connectivity index (χ1n) is 8.35. The number of nitrogens with zero attached hydrogens (tertiary/aromatic N) is 5. The second kappa shape index (κ2) is 8.11. The van der Waals surface area contributed by atoms with Crippen LogP contribution in [0.25, 0.3) is 0 Å². The highest BCUT2D eigenvalue weighted by Gasteiger charge is 2.21. The number of guanidine groups is 1. The highest BCUT2D eigenvalue weighted by Crippen LogP contribution is 2.23. The number of aromatic nitrogens is 3. The van der Waals surface area contributed by atoms with Crippen LogP contribution in [-0.2, 0) is 31.4 Å². The summed E-state index contributed by atoms with van der Waals surface area (Å²) >= 11 is 1.77. The maximum atomic E-state index is 12.5. The molecule has 3 rings (SSSR count). The lowest BCUT2D eigenvalue weighted by atomic mass is 10.1. The molecule has 9 heteroatoms. The van der Waals surface area contributed by atoms with Crippen LogP contribution in [0.5, 0.6) is 0 Å². The molecule has 1 amide bonds. The van der Waals surface area contributed by atoms with Crippen molar-refractivity contribution in [1.29, 1.82) is 0 Å². The predicted molar refractivity (Wildman–Crippen MR) is 97.3 cm³/mol. The average molecular weight is 361 g/mol. The van der Waals surface area contributed by atoms with Crippen LogP contribution in [0.3, 0.4) is 0 Å². The molecule has 0 aliphatic carbocycles. The minimum atomic E-state index is 0.0844. The fourth-order valence-corrected chi connectivity index (χ4v) is 3.58. The first kappa shape index (κ1) is 17.4. The second-order valence-corrected chi connectivity index (χ2v) is 6.78. The van der Waals surface area contributed by atoms with Crippen molar-refractivity contribution >= 4 is 23.2 Å². The molecule has 0 atom stereocenters.